The van der Waals surface area contributed by atoms with Crippen molar-refractivity contribution >= 4 is 34.1 Å². The molecule has 1 amide bonds. The molecule has 9 heteroatoms. The summed E-state index contributed by atoms with van der Waals surface area (Å²) in [7, 11) is 0. The maximum atomic E-state index is 12.5. The van der Waals surface area contributed by atoms with Crippen LogP contribution in [0.15, 0.2) is 65.9 Å². The fraction of sp³-hybridized carbons (Fsp3) is 0.174. The Balaban J connectivity index is 1.41. The fourth-order valence-corrected chi connectivity index (χ4v) is 4.53. The van der Waals surface area contributed by atoms with Gasteiger partial charge in [0, 0.05) is 35.4 Å². The molecule has 0 aliphatic rings. The Morgan fingerprint density at radius 3 is 2.84 bits per heavy atom. The van der Waals surface area contributed by atoms with Gasteiger partial charge in [0.15, 0.2) is 16.1 Å². The van der Waals surface area contributed by atoms with Crippen LogP contribution in [0.25, 0.3) is 22.6 Å². The zero-order chi connectivity index (χ0) is 22.5. The van der Waals surface area contributed by atoms with Crippen molar-refractivity contribution < 1.29 is 4.79 Å². The van der Waals surface area contributed by atoms with Crippen molar-refractivity contribution in [3.05, 3.63) is 71.9 Å². The number of amides is 1. The highest BCUT2D eigenvalue weighted by atomic mass is 32.2. The molecule has 0 aliphatic carbocycles. The Hall–Kier alpha value is -3.30. The largest absolute Gasteiger partial charge is 0.301 e. The Morgan fingerprint density at radius 1 is 1.22 bits per heavy atom. The van der Waals surface area contributed by atoms with Crippen LogP contribution in [0.3, 0.4) is 0 Å². The third-order valence-corrected chi connectivity index (χ3v) is 6.56. The van der Waals surface area contributed by atoms with E-state index in [9.17, 15) is 4.79 Å². The molecule has 0 saturated carbocycles. The van der Waals surface area contributed by atoms with E-state index in [-0.39, 0.29) is 11.7 Å². The normalized spacial score (nSPS) is 10.8. The maximum absolute atomic E-state index is 12.5. The first kappa shape index (κ1) is 21.9. The predicted octanol–water partition coefficient (Wildman–Crippen LogP) is 5.00. The molecule has 0 fully saturated rings. The van der Waals surface area contributed by atoms with Crippen molar-refractivity contribution in [2.45, 2.75) is 25.5 Å². The zero-order valence-electron chi connectivity index (χ0n) is 17.8. The van der Waals surface area contributed by atoms with E-state index in [0.717, 1.165) is 16.8 Å². The van der Waals surface area contributed by atoms with Crippen LogP contribution in [0.2, 0.25) is 0 Å². The molecule has 4 rings (SSSR count). The minimum Gasteiger partial charge on any atom is -0.301 e. The summed E-state index contributed by atoms with van der Waals surface area (Å²) < 4.78 is 1.92. The van der Waals surface area contributed by atoms with Gasteiger partial charge in [0.05, 0.1) is 11.4 Å². The molecule has 0 atom stereocenters. The van der Waals surface area contributed by atoms with E-state index in [1.807, 2.05) is 28.1 Å². The molecule has 1 N–H and O–H groups in total. The first-order chi connectivity index (χ1) is 15.5. The van der Waals surface area contributed by atoms with Gasteiger partial charge in [-0.25, -0.2) is 4.98 Å². The van der Waals surface area contributed by atoms with Crippen LogP contribution < -0.4 is 5.32 Å². The number of rotatable bonds is 8. The number of aryl methyl sites for hydroxylation is 2. The van der Waals surface area contributed by atoms with Gasteiger partial charge >= 0.3 is 0 Å². The van der Waals surface area contributed by atoms with Crippen LogP contribution in [0.1, 0.15) is 11.1 Å². The van der Waals surface area contributed by atoms with Crippen molar-refractivity contribution in [3.63, 3.8) is 0 Å². The quantitative estimate of drug-likeness (QED) is 0.293. The number of carbonyl (C=O) groups is 1. The number of pyridine rings is 1. The summed E-state index contributed by atoms with van der Waals surface area (Å²) in [4.78, 5) is 21.2. The van der Waals surface area contributed by atoms with E-state index >= 15 is 0 Å². The zero-order valence-corrected chi connectivity index (χ0v) is 19.4. The van der Waals surface area contributed by atoms with Crippen LogP contribution in [0.4, 0.5) is 5.13 Å². The monoisotopic (exact) mass is 462 g/mol. The highest BCUT2D eigenvalue weighted by molar-refractivity contribution is 7.99. The lowest BCUT2D eigenvalue weighted by atomic mass is 10.1. The number of anilines is 1. The Kier molecular flexibility index (Phi) is 6.77. The van der Waals surface area contributed by atoms with E-state index in [4.69, 9.17) is 0 Å². The standard InChI is InChI=1S/C23H22N6OS2/c1-4-10-29-21(18-6-5-9-24-12-18)27-28-23(29)32-14-20(30)26-22-25-19(13-31-22)17-8-7-15(2)16(3)11-17/h4-9,11-13H,1,10,14H2,2-3H3,(H,25,26,30). The predicted molar refractivity (Wildman–Crippen MR) is 130 cm³/mol. The van der Waals surface area contributed by atoms with E-state index in [2.05, 4.69) is 58.0 Å². The number of thioether (sulfide) groups is 1. The van der Waals surface area contributed by atoms with Gasteiger partial charge in [0.1, 0.15) is 0 Å². The molecule has 3 heterocycles. The minimum atomic E-state index is -0.146. The molecule has 4 aromatic rings. The average Bonchev–Trinajstić information content (AvgIpc) is 3.42. The van der Waals surface area contributed by atoms with Gasteiger partial charge in [-0.2, -0.15) is 0 Å². The first-order valence-corrected chi connectivity index (χ1v) is 11.8. The smallest absolute Gasteiger partial charge is 0.236 e. The molecule has 0 bridgehead atoms. The third kappa shape index (κ3) is 4.95. The second-order valence-electron chi connectivity index (χ2n) is 7.12. The topological polar surface area (TPSA) is 85.6 Å². The van der Waals surface area contributed by atoms with Gasteiger partial charge in [0.25, 0.3) is 0 Å². The molecule has 3 aromatic heterocycles. The fourth-order valence-electron chi connectivity index (χ4n) is 3.05. The van der Waals surface area contributed by atoms with Gasteiger partial charge in [-0.05, 0) is 43.2 Å². The number of nitrogens with zero attached hydrogens (tertiary/aromatic N) is 5. The number of benzene rings is 1. The molecular weight excluding hydrogens is 440 g/mol. The molecule has 0 spiro atoms. The summed E-state index contributed by atoms with van der Waals surface area (Å²) in [6, 6.07) is 10.0. The summed E-state index contributed by atoms with van der Waals surface area (Å²) in [5.74, 6) is 0.742. The number of aromatic nitrogens is 5. The van der Waals surface area contributed by atoms with Crippen LogP contribution in [0.5, 0.6) is 0 Å². The number of allylic oxidation sites excluding steroid dienone is 1. The summed E-state index contributed by atoms with van der Waals surface area (Å²) in [6.07, 6.45) is 5.22. The SMILES string of the molecule is C=CCn1c(SCC(=O)Nc2nc(-c3ccc(C)c(C)c3)cs2)nnc1-c1cccnc1. The lowest BCUT2D eigenvalue weighted by Gasteiger charge is -2.07. The molecule has 32 heavy (non-hydrogen) atoms. The molecule has 0 unspecified atom stereocenters. The summed E-state index contributed by atoms with van der Waals surface area (Å²) in [5.41, 5.74) is 5.21. The van der Waals surface area contributed by atoms with Crippen LogP contribution in [-0.2, 0) is 11.3 Å². The van der Waals surface area contributed by atoms with Crippen molar-refractivity contribution in [2.75, 3.05) is 11.1 Å². The van der Waals surface area contributed by atoms with Crippen LogP contribution in [0, 0.1) is 13.8 Å². The molecule has 162 valence electrons. The van der Waals surface area contributed by atoms with Gasteiger partial charge in [0.2, 0.25) is 5.91 Å². The van der Waals surface area contributed by atoms with E-state index in [0.29, 0.717) is 22.7 Å². The summed E-state index contributed by atoms with van der Waals surface area (Å²) in [5, 5.41) is 14.6. The molecule has 7 nitrogen and oxygen atoms in total. The maximum Gasteiger partial charge on any atom is 0.236 e. The Bertz CT molecular complexity index is 1250. The van der Waals surface area contributed by atoms with Gasteiger partial charge in [-0.1, -0.05) is 30.0 Å². The van der Waals surface area contributed by atoms with E-state index < -0.39 is 0 Å². The second kappa shape index (κ2) is 9.88. The van der Waals surface area contributed by atoms with Crippen molar-refractivity contribution in [1.82, 2.24) is 24.7 Å². The van der Waals surface area contributed by atoms with Gasteiger partial charge < -0.3 is 5.32 Å². The third-order valence-electron chi connectivity index (χ3n) is 4.83. The summed E-state index contributed by atoms with van der Waals surface area (Å²) >= 11 is 2.73. The molecule has 0 aliphatic heterocycles. The van der Waals surface area contributed by atoms with Crippen LogP contribution >= 0.6 is 23.1 Å². The number of carbonyl (C=O) groups excluding carboxylic acids is 1. The second-order valence-corrected chi connectivity index (χ2v) is 8.92. The molecule has 1 aromatic carbocycles. The van der Waals surface area contributed by atoms with Gasteiger partial charge in [-0.15, -0.1) is 28.1 Å². The van der Waals surface area contributed by atoms with E-state index in [1.54, 1.807) is 18.5 Å². The Labute approximate surface area is 194 Å². The minimum absolute atomic E-state index is 0.146. The van der Waals surface area contributed by atoms with Crippen molar-refractivity contribution in [1.29, 1.82) is 0 Å². The highest BCUT2D eigenvalue weighted by Crippen LogP contribution is 2.27. The molecular formula is C23H22N6OS2. The van der Waals surface area contributed by atoms with E-state index in [1.165, 1.54) is 34.2 Å². The molecule has 0 radical (unpaired) electrons. The number of nitrogens with one attached hydrogen (secondary N) is 1. The van der Waals surface area contributed by atoms with Crippen LogP contribution in [-0.4, -0.2) is 36.4 Å². The van der Waals surface area contributed by atoms with Gasteiger partial charge in [-0.3, -0.25) is 14.3 Å². The average molecular weight is 463 g/mol. The van der Waals surface area contributed by atoms with Crippen molar-refractivity contribution in [3.8, 4) is 22.6 Å². The first-order valence-electron chi connectivity index (χ1n) is 9.95. The lowest BCUT2D eigenvalue weighted by Crippen LogP contribution is -2.14. The number of hydrogen-bond donors (Lipinski definition) is 1. The highest BCUT2D eigenvalue weighted by Gasteiger charge is 2.16. The lowest BCUT2D eigenvalue weighted by molar-refractivity contribution is -0.113. The molecule has 0 saturated heterocycles. The Morgan fingerprint density at radius 2 is 2.09 bits per heavy atom. The number of thiazole rings is 1. The van der Waals surface area contributed by atoms with Crippen molar-refractivity contribution in [2.24, 2.45) is 0 Å². The summed E-state index contributed by atoms with van der Waals surface area (Å²) in [6.45, 7) is 8.51. The number of hydrogen-bond acceptors (Lipinski definition) is 7.